The minimum absolute atomic E-state index is 0.0782. The molecule has 2 N–H and O–H groups in total. The van der Waals surface area contributed by atoms with Gasteiger partial charge in [-0.15, -0.1) is 0 Å². The molecule has 0 saturated heterocycles. The number of nitrogens with zero attached hydrogens (tertiary/aromatic N) is 1. The highest BCUT2D eigenvalue weighted by Crippen LogP contribution is 2.16. The van der Waals surface area contributed by atoms with Gasteiger partial charge in [0, 0.05) is 12.3 Å². The van der Waals surface area contributed by atoms with Gasteiger partial charge in [0.2, 0.25) is 5.88 Å². The van der Waals surface area contributed by atoms with Gasteiger partial charge in [-0.3, -0.25) is 0 Å². The van der Waals surface area contributed by atoms with Crippen LogP contribution in [0, 0.1) is 0 Å². The van der Waals surface area contributed by atoms with Crippen LogP contribution in [0.1, 0.15) is 18.4 Å². The number of rotatable bonds is 4. The molecule has 1 aromatic heterocycles. The molecule has 0 radical (unpaired) electrons. The summed E-state index contributed by atoms with van der Waals surface area (Å²) >= 11 is 0. The summed E-state index contributed by atoms with van der Waals surface area (Å²) in [6.45, 7) is 0.778. The van der Waals surface area contributed by atoms with Crippen LogP contribution in [0.3, 0.4) is 0 Å². The molecule has 1 aliphatic heterocycles. The van der Waals surface area contributed by atoms with Crippen LogP contribution >= 0.6 is 0 Å². The van der Waals surface area contributed by atoms with Crippen molar-refractivity contribution in [2.24, 2.45) is 5.73 Å². The Morgan fingerprint density at radius 3 is 3.00 bits per heavy atom. The summed E-state index contributed by atoms with van der Waals surface area (Å²) in [5, 5.41) is 0. The lowest BCUT2D eigenvalue weighted by molar-refractivity contribution is 0.175. The molecule has 17 heavy (non-hydrogen) atoms. The average Bonchev–Trinajstić information content (AvgIpc) is 2.40. The Bertz CT molecular complexity index is 387. The van der Waals surface area contributed by atoms with Crippen LogP contribution in [0.25, 0.3) is 0 Å². The van der Waals surface area contributed by atoms with Crippen LogP contribution in [-0.2, 0) is 11.2 Å². The molecule has 0 saturated carbocycles. The SMILES string of the molecule is COc1ccc(CC(N)C2=CCCCO2)cn1. The lowest BCUT2D eigenvalue weighted by Crippen LogP contribution is -2.28. The van der Waals surface area contributed by atoms with Crippen molar-refractivity contribution in [3.05, 3.63) is 35.7 Å². The first-order chi connectivity index (χ1) is 8.29. The molecule has 1 unspecified atom stereocenters. The minimum atomic E-state index is -0.0782. The van der Waals surface area contributed by atoms with E-state index in [1.807, 2.05) is 12.1 Å². The molecule has 2 heterocycles. The molecule has 0 amide bonds. The number of aromatic nitrogens is 1. The molecule has 92 valence electrons. The fraction of sp³-hybridized carbons (Fsp3) is 0.462. The van der Waals surface area contributed by atoms with Crippen LogP contribution in [0.5, 0.6) is 5.88 Å². The minimum Gasteiger partial charge on any atom is -0.497 e. The second-order valence-corrected chi connectivity index (χ2v) is 4.12. The van der Waals surface area contributed by atoms with Crippen LogP contribution in [-0.4, -0.2) is 24.7 Å². The van der Waals surface area contributed by atoms with Crippen molar-refractivity contribution >= 4 is 0 Å². The van der Waals surface area contributed by atoms with Crippen molar-refractivity contribution in [2.75, 3.05) is 13.7 Å². The number of hydrogen-bond acceptors (Lipinski definition) is 4. The summed E-state index contributed by atoms with van der Waals surface area (Å²) in [6, 6.07) is 3.75. The van der Waals surface area contributed by atoms with E-state index in [0.717, 1.165) is 37.2 Å². The zero-order chi connectivity index (χ0) is 12.1. The highest BCUT2D eigenvalue weighted by molar-refractivity contribution is 5.20. The Hall–Kier alpha value is -1.55. The predicted octanol–water partition coefficient (Wildman–Crippen LogP) is 1.65. The van der Waals surface area contributed by atoms with Crippen LogP contribution < -0.4 is 10.5 Å². The molecule has 4 nitrogen and oxygen atoms in total. The standard InChI is InChI=1S/C13H18N2O2/c1-16-13-6-5-10(9-15-13)8-11(14)12-4-2-3-7-17-12/h4-6,9,11H,2-3,7-8,14H2,1H3. The summed E-state index contributed by atoms with van der Waals surface area (Å²) in [4.78, 5) is 4.16. The Kier molecular flexibility index (Phi) is 3.98. The van der Waals surface area contributed by atoms with E-state index in [0.29, 0.717) is 5.88 Å². The third-order valence-electron chi connectivity index (χ3n) is 2.79. The first kappa shape index (κ1) is 11.9. The summed E-state index contributed by atoms with van der Waals surface area (Å²) in [5.41, 5.74) is 7.19. The van der Waals surface area contributed by atoms with Gasteiger partial charge >= 0.3 is 0 Å². The zero-order valence-corrected chi connectivity index (χ0v) is 10.1. The molecular formula is C13H18N2O2. The van der Waals surface area contributed by atoms with Crippen molar-refractivity contribution in [3.8, 4) is 5.88 Å². The largest absolute Gasteiger partial charge is 0.497 e. The van der Waals surface area contributed by atoms with Crippen molar-refractivity contribution in [2.45, 2.75) is 25.3 Å². The van der Waals surface area contributed by atoms with Crippen LogP contribution in [0.15, 0.2) is 30.2 Å². The van der Waals surface area contributed by atoms with Gasteiger partial charge in [0.15, 0.2) is 0 Å². The van der Waals surface area contributed by atoms with Crippen molar-refractivity contribution in [1.82, 2.24) is 4.98 Å². The summed E-state index contributed by atoms with van der Waals surface area (Å²) in [7, 11) is 1.61. The topological polar surface area (TPSA) is 57.4 Å². The first-order valence-electron chi connectivity index (χ1n) is 5.87. The molecule has 0 bridgehead atoms. The number of pyridine rings is 1. The number of methoxy groups -OCH3 is 1. The molecule has 0 aliphatic carbocycles. The smallest absolute Gasteiger partial charge is 0.212 e. The van der Waals surface area contributed by atoms with Gasteiger partial charge < -0.3 is 15.2 Å². The highest BCUT2D eigenvalue weighted by atomic mass is 16.5. The molecule has 0 aromatic carbocycles. The Labute approximate surface area is 101 Å². The van der Waals surface area contributed by atoms with Gasteiger partial charge in [0.1, 0.15) is 5.76 Å². The number of allylic oxidation sites excluding steroid dienone is 1. The Morgan fingerprint density at radius 1 is 1.53 bits per heavy atom. The molecule has 1 aliphatic rings. The van der Waals surface area contributed by atoms with Crippen molar-refractivity contribution in [1.29, 1.82) is 0 Å². The van der Waals surface area contributed by atoms with E-state index in [-0.39, 0.29) is 6.04 Å². The van der Waals surface area contributed by atoms with E-state index in [1.165, 1.54) is 0 Å². The Morgan fingerprint density at radius 2 is 2.41 bits per heavy atom. The maximum absolute atomic E-state index is 6.10. The fourth-order valence-electron chi connectivity index (χ4n) is 1.84. The Balaban J connectivity index is 1.97. The van der Waals surface area contributed by atoms with E-state index in [9.17, 15) is 0 Å². The van der Waals surface area contributed by atoms with Gasteiger partial charge in [-0.1, -0.05) is 6.07 Å². The molecule has 4 heteroatoms. The monoisotopic (exact) mass is 234 g/mol. The molecule has 2 rings (SSSR count). The average molecular weight is 234 g/mol. The van der Waals surface area contributed by atoms with E-state index in [4.69, 9.17) is 15.2 Å². The zero-order valence-electron chi connectivity index (χ0n) is 10.1. The number of nitrogens with two attached hydrogens (primary N) is 1. The molecule has 1 atom stereocenters. The highest BCUT2D eigenvalue weighted by Gasteiger charge is 2.14. The van der Waals surface area contributed by atoms with E-state index >= 15 is 0 Å². The van der Waals surface area contributed by atoms with Gasteiger partial charge in [0.05, 0.1) is 19.8 Å². The van der Waals surface area contributed by atoms with Gasteiger partial charge in [-0.05, 0) is 30.9 Å². The quantitative estimate of drug-likeness (QED) is 0.860. The third-order valence-corrected chi connectivity index (χ3v) is 2.79. The maximum atomic E-state index is 6.10. The van der Waals surface area contributed by atoms with Gasteiger partial charge in [-0.25, -0.2) is 4.98 Å². The van der Waals surface area contributed by atoms with Crippen LogP contribution in [0.4, 0.5) is 0 Å². The molecule has 0 spiro atoms. The molecule has 0 fully saturated rings. The van der Waals surface area contributed by atoms with E-state index < -0.39 is 0 Å². The summed E-state index contributed by atoms with van der Waals surface area (Å²) in [6.07, 6.45) is 6.76. The first-order valence-corrected chi connectivity index (χ1v) is 5.87. The van der Waals surface area contributed by atoms with E-state index in [1.54, 1.807) is 13.3 Å². The molecular weight excluding hydrogens is 216 g/mol. The van der Waals surface area contributed by atoms with Crippen LogP contribution in [0.2, 0.25) is 0 Å². The fourth-order valence-corrected chi connectivity index (χ4v) is 1.84. The van der Waals surface area contributed by atoms with Crippen molar-refractivity contribution < 1.29 is 9.47 Å². The van der Waals surface area contributed by atoms with Gasteiger partial charge in [-0.2, -0.15) is 0 Å². The van der Waals surface area contributed by atoms with Crippen molar-refractivity contribution in [3.63, 3.8) is 0 Å². The normalized spacial score (nSPS) is 16.9. The summed E-state index contributed by atoms with van der Waals surface area (Å²) in [5.74, 6) is 1.53. The second-order valence-electron chi connectivity index (χ2n) is 4.12. The predicted molar refractivity (Wildman–Crippen MR) is 65.7 cm³/mol. The second kappa shape index (κ2) is 5.68. The number of hydrogen-bond donors (Lipinski definition) is 1. The maximum Gasteiger partial charge on any atom is 0.212 e. The lowest BCUT2D eigenvalue weighted by atomic mass is 10.0. The van der Waals surface area contributed by atoms with E-state index in [2.05, 4.69) is 11.1 Å². The third kappa shape index (κ3) is 3.20. The molecule has 1 aromatic rings. The lowest BCUT2D eigenvalue weighted by Gasteiger charge is -2.20. The number of ether oxygens (including phenoxy) is 2. The summed E-state index contributed by atoms with van der Waals surface area (Å²) < 4.78 is 10.6. The van der Waals surface area contributed by atoms with Gasteiger partial charge in [0.25, 0.3) is 0 Å².